The number of hydrogen-bond acceptors (Lipinski definition) is 0. The average molecular weight is 232 g/mol. The van der Waals surface area contributed by atoms with Gasteiger partial charge in [0.05, 0.1) is 0 Å². The van der Waals surface area contributed by atoms with E-state index in [0.717, 1.165) is 0 Å². The van der Waals surface area contributed by atoms with Gasteiger partial charge in [0.25, 0.3) is 0 Å². The van der Waals surface area contributed by atoms with Gasteiger partial charge in [-0.25, -0.2) is 12.1 Å². The van der Waals surface area contributed by atoms with Crippen LogP contribution in [-0.4, -0.2) is 0 Å². The standard InChI is InChI=1S/C5H5.4CO.Mn/c1-2-4-5-3-1;4*1-2;/h1-5H;;;;;/q-1;;;;;+2. The minimum absolute atomic E-state index is 0. The third kappa shape index (κ3) is 71.3. The third-order valence-corrected chi connectivity index (χ3v) is 0.556. The molecule has 71 valence electrons. The summed E-state index contributed by atoms with van der Waals surface area (Å²) in [7, 11) is 0. The molecule has 0 aliphatic heterocycles. The molecule has 0 aromatic heterocycles. The maximum atomic E-state index is 7.50. The van der Waals surface area contributed by atoms with Crippen molar-refractivity contribution in [2.24, 2.45) is 0 Å². The van der Waals surface area contributed by atoms with Crippen LogP contribution in [0.4, 0.5) is 0 Å². The van der Waals surface area contributed by atoms with Crippen molar-refractivity contribution in [1.29, 1.82) is 0 Å². The molecule has 14 heavy (non-hydrogen) atoms. The van der Waals surface area contributed by atoms with Gasteiger partial charge in [-0.05, 0) is 0 Å². The molecule has 0 heterocycles. The first kappa shape index (κ1) is 29.3. The Morgan fingerprint density at radius 1 is 0.643 bits per heavy atom. The van der Waals surface area contributed by atoms with Gasteiger partial charge in [-0.2, -0.15) is 18.2 Å². The zero-order valence-corrected chi connectivity index (χ0v) is 8.08. The van der Waals surface area contributed by atoms with E-state index in [-0.39, 0.29) is 17.1 Å². The fourth-order valence-corrected chi connectivity index (χ4v) is 0.321. The van der Waals surface area contributed by atoms with Crippen molar-refractivity contribution in [3.8, 4) is 0 Å². The van der Waals surface area contributed by atoms with Gasteiger partial charge < -0.3 is 0 Å². The minimum Gasteiger partial charge on any atom is -0.214 e. The average Bonchev–Trinajstić information content (AvgIpc) is 2.87. The Morgan fingerprint density at radius 2 is 0.857 bits per heavy atom. The van der Waals surface area contributed by atoms with Crippen LogP contribution in [0.25, 0.3) is 0 Å². The van der Waals surface area contributed by atoms with Crippen LogP contribution >= 0.6 is 0 Å². The Hall–Kier alpha value is -1.17. The zero-order chi connectivity index (χ0) is 11.5. The summed E-state index contributed by atoms with van der Waals surface area (Å²) >= 11 is 0. The zero-order valence-electron chi connectivity index (χ0n) is 6.90. The molecule has 4 nitrogen and oxygen atoms in total. The molecule has 1 aromatic rings. The Labute approximate surface area is 93.0 Å². The van der Waals surface area contributed by atoms with Crippen LogP contribution in [-0.2, 0) is 35.7 Å². The predicted molar refractivity (Wildman–Crippen MR) is 37.8 cm³/mol. The van der Waals surface area contributed by atoms with E-state index >= 15 is 0 Å². The van der Waals surface area contributed by atoms with Crippen molar-refractivity contribution < 1.29 is 35.7 Å². The predicted octanol–water partition coefficient (Wildman–Crippen LogP) is 1.25. The fraction of sp³-hybridized carbons (Fsp3) is 0. The van der Waals surface area contributed by atoms with E-state index in [1.807, 2.05) is 30.3 Å². The largest absolute Gasteiger partial charge is 2.00 e. The van der Waals surface area contributed by atoms with Crippen molar-refractivity contribution >= 4 is 0 Å². The van der Waals surface area contributed by atoms with Crippen LogP contribution in [0, 0.1) is 26.6 Å². The molecular weight excluding hydrogens is 227 g/mol. The maximum Gasteiger partial charge on any atom is 2.00 e. The van der Waals surface area contributed by atoms with Gasteiger partial charge in [0, 0.05) is 0 Å². The van der Waals surface area contributed by atoms with E-state index in [1.165, 1.54) is 0 Å². The smallest absolute Gasteiger partial charge is 0.214 e. The minimum atomic E-state index is 0. The molecule has 0 saturated carbocycles. The SMILES string of the molecule is [C-]#[O+].[C-]#[O+].[C-]#[O+].[C-]#[O+].[Mn+2].c1cc[cH-]c1. The molecular formula is C9H5MnO4+. The maximum absolute atomic E-state index is 7.50. The van der Waals surface area contributed by atoms with Crippen LogP contribution in [0.15, 0.2) is 30.3 Å². The summed E-state index contributed by atoms with van der Waals surface area (Å²) in [4.78, 5) is 0. The van der Waals surface area contributed by atoms with Crippen molar-refractivity contribution in [3.05, 3.63) is 56.9 Å². The topological polar surface area (TPSA) is 79.6 Å². The van der Waals surface area contributed by atoms with E-state index in [9.17, 15) is 0 Å². The normalized spacial score (nSPS) is 3.43. The van der Waals surface area contributed by atoms with E-state index < -0.39 is 0 Å². The molecule has 0 aliphatic rings. The summed E-state index contributed by atoms with van der Waals surface area (Å²) < 4.78 is 30.0. The molecule has 0 N–H and O–H groups in total. The Bertz CT molecular complexity index is 166. The van der Waals surface area contributed by atoms with Crippen LogP contribution in [0.5, 0.6) is 0 Å². The van der Waals surface area contributed by atoms with Gasteiger partial charge in [-0.1, -0.05) is 0 Å². The summed E-state index contributed by atoms with van der Waals surface area (Å²) in [6, 6.07) is 10.0. The Morgan fingerprint density at radius 3 is 0.929 bits per heavy atom. The van der Waals surface area contributed by atoms with Gasteiger partial charge in [0.2, 0.25) is 0 Å². The molecule has 0 fully saturated rings. The summed E-state index contributed by atoms with van der Waals surface area (Å²) in [5, 5.41) is 0. The second-order valence-corrected chi connectivity index (χ2v) is 0.962. The molecule has 0 aliphatic carbocycles. The van der Waals surface area contributed by atoms with Gasteiger partial charge in [0.15, 0.2) is 0 Å². The molecule has 0 spiro atoms. The van der Waals surface area contributed by atoms with Crippen LogP contribution in [0.1, 0.15) is 0 Å². The molecule has 0 amide bonds. The Balaban J connectivity index is -0.0000000267. The molecule has 1 rings (SSSR count). The molecule has 0 saturated heterocycles. The molecule has 1 radical (unpaired) electrons. The quantitative estimate of drug-likeness (QED) is 0.366. The van der Waals surface area contributed by atoms with Crippen LogP contribution in [0.2, 0.25) is 0 Å². The fourth-order valence-electron chi connectivity index (χ4n) is 0.321. The first-order chi connectivity index (χ1) is 6.50. The van der Waals surface area contributed by atoms with E-state index in [2.05, 4.69) is 26.6 Å². The number of hydrogen-bond donors (Lipinski definition) is 0. The molecule has 0 atom stereocenters. The number of rotatable bonds is 0. The second kappa shape index (κ2) is 94.6. The molecule has 1 aromatic carbocycles. The van der Waals surface area contributed by atoms with Gasteiger partial charge in [0.1, 0.15) is 0 Å². The van der Waals surface area contributed by atoms with Crippen molar-refractivity contribution in [2.75, 3.05) is 0 Å². The summed E-state index contributed by atoms with van der Waals surface area (Å²) in [5.41, 5.74) is 0. The summed E-state index contributed by atoms with van der Waals surface area (Å²) in [6.07, 6.45) is 0. The van der Waals surface area contributed by atoms with Crippen molar-refractivity contribution in [3.63, 3.8) is 0 Å². The monoisotopic (exact) mass is 232 g/mol. The van der Waals surface area contributed by atoms with Gasteiger partial charge in [-0.3, -0.25) is 0 Å². The van der Waals surface area contributed by atoms with Crippen LogP contribution < -0.4 is 0 Å². The summed E-state index contributed by atoms with van der Waals surface area (Å²) in [5.74, 6) is 0. The van der Waals surface area contributed by atoms with E-state index in [0.29, 0.717) is 0 Å². The van der Waals surface area contributed by atoms with Crippen molar-refractivity contribution in [2.45, 2.75) is 0 Å². The first-order valence-corrected chi connectivity index (χ1v) is 2.48. The second-order valence-electron chi connectivity index (χ2n) is 0.962. The molecule has 0 bridgehead atoms. The van der Waals surface area contributed by atoms with Crippen LogP contribution in [0.3, 0.4) is 0 Å². The van der Waals surface area contributed by atoms with E-state index in [1.54, 1.807) is 0 Å². The van der Waals surface area contributed by atoms with Gasteiger partial charge in [-0.15, -0.1) is 0 Å². The third-order valence-electron chi connectivity index (χ3n) is 0.556. The first-order valence-electron chi connectivity index (χ1n) is 2.48. The molecule has 5 heteroatoms. The Kier molecular flexibility index (Phi) is 198. The van der Waals surface area contributed by atoms with Crippen molar-refractivity contribution in [1.82, 2.24) is 0 Å². The van der Waals surface area contributed by atoms with Gasteiger partial charge >= 0.3 is 62.3 Å². The van der Waals surface area contributed by atoms with E-state index in [4.69, 9.17) is 18.6 Å². The molecule has 0 unspecified atom stereocenters. The summed E-state index contributed by atoms with van der Waals surface area (Å²) in [6.45, 7) is 18.0.